The van der Waals surface area contributed by atoms with E-state index in [0.717, 1.165) is 12.8 Å². The number of phosphoric acid groups is 1. The molecular weight excluding hydrogens is 505 g/mol. The van der Waals surface area contributed by atoms with Gasteiger partial charge >= 0.3 is 13.8 Å². The van der Waals surface area contributed by atoms with Crippen molar-refractivity contribution in [2.45, 2.75) is 148 Å². The molecule has 2 atom stereocenters. The highest BCUT2D eigenvalue weighted by Crippen LogP contribution is 2.43. The Morgan fingerprint density at radius 3 is 1.50 bits per heavy atom. The fraction of sp³-hybridized carbons (Fsp3) is 0.966. The normalized spacial score (nSPS) is 13.9. The molecule has 0 bridgehead atoms. The largest absolute Gasteiger partial charge is 0.472 e. The molecule has 0 amide bonds. The lowest BCUT2D eigenvalue weighted by Gasteiger charge is -2.19. The van der Waals surface area contributed by atoms with Crippen LogP contribution < -0.4 is 5.73 Å². The number of phosphoric ester groups is 1. The molecule has 0 spiro atoms. The van der Waals surface area contributed by atoms with Gasteiger partial charge in [-0.15, -0.1) is 0 Å². The number of unbranched alkanes of at least 4 members (excludes halogenated alkanes) is 19. The SMILES string of the molecule is CCCCCCCCCCCCCCCCCCCCCCOCC(COP(=O)(O)OCCN)OC(C)=O. The van der Waals surface area contributed by atoms with E-state index in [0.29, 0.717) is 6.61 Å². The van der Waals surface area contributed by atoms with Crippen LogP contribution in [0.3, 0.4) is 0 Å². The van der Waals surface area contributed by atoms with Gasteiger partial charge in [-0.3, -0.25) is 13.8 Å². The van der Waals surface area contributed by atoms with Gasteiger partial charge in [-0.05, 0) is 6.42 Å². The molecular formula is C29H60NO7P. The Hall–Kier alpha value is -0.500. The predicted octanol–water partition coefficient (Wildman–Crippen LogP) is 7.85. The van der Waals surface area contributed by atoms with Crippen LogP contribution in [0.2, 0.25) is 0 Å². The van der Waals surface area contributed by atoms with Crippen molar-refractivity contribution in [2.24, 2.45) is 5.73 Å². The zero-order valence-corrected chi connectivity index (χ0v) is 25.6. The van der Waals surface area contributed by atoms with Gasteiger partial charge in [0, 0.05) is 20.1 Å². The minimum absolute atomic E-state index is 0.0953. The van der Waals surface area contributed by atoms with Crippen molar-refractivity contribution in [3.8, 4) is 0 Å². The van der Waals surface area contributed by atoms with Gasteiger partial charge in [0.1, 0.15) is 6.10 Å². The predicted molar refractivity (Wildman–Crippen MR) is 155 cm³/mol. The molecule has 0 aliphatic rings. The Morgan fingerprint density at radius 2 is 1.11 bits per heavy atom. The molecule has 8 nitrogen and oxygen atoms in total. The number of hydrogen-bond donors (Lipinski definition) is 2. The van der Waals surface area contributed by atoms with E-state index in [1.54, 1.807) is 0 Å². The Balaban J connectivity index is 3.47. The van der Waals surface area contributed by atoms with Crippen LogP contribution in [0.4, 0.5) is 0 Å². The molecule has 38 heavy (non-hydrogen) atoms. The van der Waals surface area contributed by atoms with Crippen molar-refractivity contribution in [3.63, 3.8) is 0 Å². The number of nitrogens with two attached hydrogens (primary N) is 1. The van der Waals surface area contributed by atoms with E-state index in [9.17, 15) is 14.3 Å². The minimum atomic E-state index is -4.22. The average molecular weight is 566 g/mol. The Labute approximate surface area is 233 Å². The van der Waals surface area contributed by atoms with Gasteiger partial charge in [0.2, 0.25) is 0 Å². The summed E-state index contributed by atoms with van der Waals surface area (Å²) in [4.78, 5) is 20.8. The van der Waals surface area contributed by atoms with Crippen LogP contribution >= 0.6 is 7.82 Å². The summed E-state index contributed by atoms with van der Waals surface area (Å²) in [5, 5.41) is 0. The van der Waals surface area contributed by atoms with E-state index in [4.69, 9.17) is 19.7 Å². The van der Waals surface area contributed by atoms with Crippen LogP contribution in [0.5, 0.6) is 0 Å². The Bertz CT molecular complexity index is 565. The first-order valence-electron chi connectivity index (χ1n) is 15.5. The second kappa shape index (κ2) is 28.0. The van der Waals surface area contributed by atoms with E-state index in [2.05, 4.69) is 11.4 Å². The van der Waals surface area contributed by atoms with E-state index < -0.39 is 19.9 Å². The lowest BCUT2D eigenvalue weighted by Crippen LogP contribution is -2.27. The molecule has 3 N–H and O–H groups in total. The molecule has 0 aliphatic heterocycles. The van der Waals surface area contributed by atoms with Crippen molar-refractivity contribution in [3.05, 3.63) is 0 Å². The molecule has 0 aromatic carbocycles. The summed E-state index contributed by atoms with van der Waals surface area (Å²) in [6.07, 6.45) is 26.1. The smallest absolute Gasteiger partial charge is 0.458 e. The molecule has 2 unspecified atom stereocenters. The van der Waals surface area contributed by atoms with Gasteiger partial charge in [-0.25, -0.2) is 4.57 Å². The number of hydrogen-bond acceptors (Lipinski definition) is 7. The van der Waals surface area contributed by atoms with Crippen molar-refractivity contribution in [1.82, 2.24) is 0 Å². The summed E-state index contributed by atoms with van der Waals surface area (Å²) in [5.41, 5.74) is 5.25. The highest BCUT2D eigenvalue weighted by atomic mass is 31.2. The van der Waals surface area contributed by atoms with Gasteiger partial charge < -0.3 is 20.1 Å². The maximum absolute atomic E-state index is 11.7. The van der Waals surface area contributed by atoms with Crippen LogP contribution in [0, 0.1) is 0 Å². The van der Waals surface area contributed by atoms with E-state index in [1.807, 2.05) is 0 Å². The summed E-state index contributed by atoms with van der Waals surface area (Å²) < 4.78 is 31.9. The summed E-state index contributed by atoms with van der Waals surface area (Å²) in [7, 11) is -4.22. The van der Waals surface area contributed by atoms with Gasteiger partial charge in [-0.2, -0.15) is 0 Å². The number of ether oxygens (including phenoxy) is 2. The van der Waals surface area contributed by atoms with Crippen LogP contribution in [-0.2, 0) is 27.9 Å². The molecule has 0 aliphatic carbocycles. The highest BCUT2D eigenvalue weighted by Gasteiger charge is 2.24. The second-order valence-corrected chi connectivity index (χ2v) is 11.9. The van der Waals surface area contributed by atoms with Gasteiger partial charge in [0.25, 0.3) is 0 Å². The van der Waals surface area contributed by atoms with E-state index >= 15 is 0 Å². The molecule has 228 valence electrons. The van der Waals surface area contributed by atoms with Crippen LogP contribution in [-0.4, -0.2) is 49.9 Å². The summed E-state index contributed by atoms with van der Waals surface area (Å²) in [6.45, 7) is 3.94. The molecule has 0 rings (SSSR count). The van der Waals surface area contributed by atoms with Gasteiger partial charge in [0.15, 0.2) is 0 Å². The highest BCUT2D eigenvalue weighted by molar-refractivity contribution is 7.47. The van der Waals surface area contributed by atoms with Gasteiger partial charge in [0.05, 0.1) is 19.8 Å². The maximum Gasteiger partial charge on any atom is 0.472 e. The summed E-state index contributed by atoms with van der Waals surface area (Å²) >= 11 is 0. The lowest BCUT2D eigenvalue weighted by atomic mass is 10.0. The van der Waals surface area contributed by atoms with Crippen LogP contribution in [0.15, 0.2) is 0 Å². The third-order valence-corrected chi connectivity index (χ3v) is 7.56. The molecule has 0 aromatic heterocycles. The number of carbonyl (C=O) groups is 1. The molecule has 0 aromatic rings. The number of rotatable bonds is 30. The molecule has 9 heteroatoms. The van der Waals surface area contributed by atoms with Crippen molar-refractivity contribution in [1.29, 1.82) is 0 Å². The zero-order chi connectivity index (χ0) is 28.2. The standard InChI is InChI=1S/C29H60NO7P/c1-3-4-5-6-7-8-9-10-11-12-13-14-15-16-17-18-19-20-21-22-24-34-26-29(37-28(2)31)27-36-38(32,33)35-25-23-30/h29H,3-27,30H2,1-2H3,(H,32,33). The molecule has 0 saturated carbocycles. The summed E-state index contributed by atoms with van der Waals surface area (Å²) in [6, 6.07) is 0. The Morgan fingerprint density at radius 1 is 0.684 bits per heavy atom. The Kier molecular flexibility index (Phi) is 27.7. The third-order valence-electron chi connectivity index (χ3n) is 6.57. The van der Waals surface area contributed by atoms with Gasteiger partial charge in [-0.1, -0.05) is 129 Å². The topological polar surface area (TPSA) is 117 Å². The average Bonchev–Trinajstić information content (AvgIpc) is 2.88. The zero-order valence-electron chi connectivity index (χ0n) is 24.7. The number of carbonyl (C=O) groups excluding carboxylic acids is 1. The first-order chi connectivity index (χ1) is 18.4. The van der Waals surface area contributed by atoms with Crippen LogP contribution in [0.25, 0.3) is 0 Å². The molecule has 0 saturated heterocycles. The monoisotopic (exact) mass is 565 g/mol. The summed E-state index contributed by atoms with van der Waals surface area (Å²) in [5.74, 6) is -0.503. The van der Waals surface area contributed by atoms with Crippen LogP contribution in [0.1, 0.15) is 142 Å². The van der Waals surface area contributed by atoms with Crippen molar-refractivity contribution < 1.29 is 32.8 Å². The fourth-order valence-corrected chi connectivity index (χ4v) is 5.17. The first kappa shape index (κ1) is 37.5. The van der Waals surface area contributed by atoms with Crippen molar-refractivity contribution in [2.75, 3.05) is 33.0 Å². The second-order valence-electron chi connectivity index (χ2n) is 10.4. The quantitative estimate of drug-likeness (QED) is 0.0514. The first-order valence-corrected chi connectivity index (χ1v) is 17.0. The van der Waals surface area contributed by atoms with Crippen molar-refractivity contribution >= 4 is 13.8 Å². The number of esters is 1. The molecule has 0 radical (unpaired) electrons. The third kappa shape index (κ3) is 28.5. The van der Waals surface area contributed by atoms with E-state index in [-0.39, 0.29) is 26.4 Å². The maximum atomic E-state index is 11.7. The minimum Gasteiger partial charge on any atom is -0.458 e. The lowest BCUT2D eigenvalue weighted by molar-refractivity contribution is -0.151. The molecule has 0 heterocycles. The fourth-order valence-electron chi connectivity index (χ4n) is 4.41. The van der Waals surface area contributed by atoms with E-state index in [1.165, 1.54) is 122 Å². The molecule has 0 fully saturated rings.